The van der Waals surface area contributed by atoms with Gasteiger partial charge in [0, 0.05) is 24.0 Å². The molecule has 0 radical (unpaired) electrons. The van der Waals surface area contributed by atoms with Crippen LogP contribution in [0.3, 0.4) is 0 Å². The zero-order valence-electron chi connectivity index (χ0n) is 12.4. The lowest BCUT2D eigenvalue weighted by molar-refractivity contribution is -0.117. The van der Waals surface area contributed by atoms with Crippen LogP contribution >= 0.6 is 0 Å². The molecule has 0 fully saturated rings. The van der Waals surface area contributed by atoms with Gasteiger partial charge in [-0.05, 0) is 36.3 Å². The van der Waals surface area contributed by atoms with Gasteiger partial charge in [-0.15, -0.1) is 0 Å². The summed E-state index contributed by atoms with van der Waals surface area (Å²) in [4.78, 5) is 13.5. The molecule has 0 aliphatic carbocycles. The Balaban J connectivity index is 1.98. The first kappa shape index (κ1) is 15.2. The van der Waals surface area contributed by atoms with E-state index in [0.717, 1.165) is 17.3 Å². The van der Waals surface area contributed by atoms with Crippen LogP contribution in [0.25, 0.3) is 0 Å². The number of benzene rings is 2. The van der Waals surface area contributed by atoms with Crippen molar-refractivity contribution >= 4 is 17.3 Å². The fourth-order valence-corrected chi connectivity index (χ4v) is 2.85. The molecule has 3 nitrogen and oxygen atoms in total. The number of fused-ring (bicyclic) bond motifs is 1. The number of halogens is 2. The highest BCUT2D eigenvalue weighted by atomic mass is 19.2. The Hall–Kier alpha value is -2.69. The molecule has 118 valence electrons. The lowest BCUT2D eigenvalue weighted by Crippen LogP contribution is -2.46. The van der Waals surface area contributed by atoms with E-state index in [0.29, 0.717) is 18.7 Å². The molecule has 3 rings (SSSR count). The van der Waals surface area contributed by atoms with Gasteiger partial charge in [0.2, 0.25) is 5.91 Å². The fourth-order valence-electron chi connectivity index (χ4n) is 2.85. The highest BCUT2D eigenvalue weighted by Crippen LogP contribution is 2.33. The maximum atomic E-state index is 13.6. The van der Waals surface area contributed by atoms with Crippen LogP contribution in [-0.2, 0) is 11.2 Å². The van der Waals surface area contributed by atoms with Crippen LogP contribution in [0, 0.1) is 11.6 Å². The molecular formula is C18H16F2N2O. The monoisotopic (exact) mass is 314 g/mol. The molecule has 23 heavy (non-hydrogen) atoms. The summed E-state index contributed by atoms with van der Waals surface area (Å²) in [5.74, 6) is -2.02. The smallest absolute Gasteiger partial charge is 0.243 e. The first-order chi connectivity index (χ1) is 11.1. The van der Waals surface area contributed by atoms with E-state index in [1.54, 1.807) is 0 Å². The average Bonchev–Trinajstić information content (AvgIpc) is 2.56. The zero-order valence-corrected chi connectivity index (χ0v) is 12.4. The van der Waals surface area contributed by atoms with Crippen LogP contribution in [0.1, 0.15) is 5.56 Å². The minimum atomic E-state index is -0.891. The fraction of sp³-hybridized carbons (Fsp3) is 0.167. The molecule has 5 heteroatoms. The Morgan fingerprint density at radius 3 is 2.74 bits per heavy atom. The largest absolute Gasteiger partial charge is 0.348 e. The molecule has 1 atom stereocenters. The van der Waals surface area contributed by atoms with E-state index in [1.807, 2.05) is 29.2 Å². The van der Waals surface area contributed by atoms with Crippen molar-refractivity contribution in [1.82, 2.24) is 5.32 Å². The van der Waals surface area contributed by atoms with Gasteiger partial charge in [-0.3, -0.25) is 4.79 Å². The number of carbonyl (C=O) groups excluding carboxylic acids is 1. The Kier molecular flexibility index (Phi) is 4.10. The highest BCUT2D eigenvalue weighted by molar-refractivity contribution is 5.87. The van der Waals surface area contributed by atoms with Crippen molar-refractivity contribution in [1.29, 1.82) is 0 Å². The van der Waals surface area contributed by atoms with Gasteiger partial charge in [0.25, 0.3) is 0 Å². The second-order valence-electron chi connectivity index (χ2n) is 5.45. The first-order valence-corrected chi connectivity index (χ1v) is 7.32. The van der Waals surface area contributed by atoms with Gasteiger partial charge in [-0.25, -0.2) is 8.78 Å². The molecule has 1 amide bonds. The molecule has 2 aromatic carbocycles. The van der Waals surface area contributed by atoms with Crippen LogP contribution in [0.4, 0.5) is 20.2 Å². The second-order valence-corrected chi connectivity index (χ2v) is 5.45. The van der Waals surface area contributed by atoms with Crippen molar-refractivity contribution in [3.8, 4) is 0 Å². The number of hydrogen-bond acceptors (Lipinski definition) is 2. The normalized spacial score (nSPS) is 16.6. The molecule has 0 saturated heterocycles. The molecule has 1 heterocycles. The van der Waals surface area contributed by atoms with Gasteiger partial charge in [-0.2, -0.15) is 0 Å². The van der Waals surface area contributed by atoms with Gasteiger partial charge >= 0.3 is 0 Å². The van der Waals surface area contributed by atoms with Crippen LogP contribution in [0.2, 0.25) is 0 Å². The molecule has 1 N–H and O–H groups in total. The van der Waals surface area contributed by atoms with Crippen molar-refractivity contribution in [3.63, 3.8) is 0 Å². The number of anilines is 2. The van der Waals surface area contributed by atoms with Crippen molar-refractivity contribution in [3.05, 3.63) is 72.3 Å². The predicted octanol–water partition coefficient (Wildman–Crippen LogP) is 3.33. The summed E-state index contributed by atoms with van der Waals surface area (Å²) < 4.78 is 26.8. The molecule has 0 aromatic heterocycles. The topological polar surface area (TPSA) is 32.3 Å². The van der Waals surface area contributed by atoms with Crippen LogP contribution in [0.5, 0.6) is 0 Å². The number of rotatable bonds is 3. The standard InChI is InChI=1S/C18H16F2N2O/c1-2-18(23)21-13-9-12-5-3-4-6-17(12)22(11-13)14-7-8-15(19)16(20)10-14/h2-8,10,13H,1,9,11H2,(H,21,23). The number of amides is 1. The van der Waals surface area contributed by atoms with Gasteiger partial charge in [-0.1, -0.05) is 24.8 Å². The van der Waals surface area contributed by atoms with Gasteiger partial charge in [0.1, 0.15) is 0 Å². The maximum absolute atomic E-state index is 13.6. The summed E-state index contributed by atoms with van der Waals surface area (Å²) in [7, 11) is 0. The third-order valence-corrected chi connectivity index (χ3v) is 3.90. The summed E-state index contributed by atoms with van der Waals surface area (Å²) >= 11 is 0. The summed E-state index contributed by atoms with van der Waals surface area (Å²) in [5, 5.41) is 2.87. The van der Waals surface area contributed by atoms with E-state index in [9.17, 15) is 13.6 Å². The molecule has 1 aliphatic heterocycles. The number of nitrogens with zero attached hydrogens (tertiary/aromatic N) is 1. The number of hydrogen-bond donors (Lipinski definition) is 1. The van der Waals surface area contributed by atoms with Gasteiger partial charge in [0.15, 0.2) is 11.6 Å². The molecular weight excluding hydrogens is 298 g/mol. The van der Waals surface area contributed by atoms with Crippen molar-refractivity contribution < 1.29 is 13.6 Å². The van der Waals surface area contributed by atoms with Crippen molar-refractivity contribution in [2.75, 3.05) is 11.4 Å². The van der Waals surface area contributed by atoms with E-state index in [2.05, 4.69) is 11.9 Å². The van der Waals surface area contributed by atoms with E-state index < -0.39 is 11.6 Å². The van der Waals surface area contributed by atoms with Crippen molar-refractivity contribution in [2.24, 2.45) is 0 Å². The average molecular weight is 314 g/mol. The molecule has 1 unspecified atom stereocenters. The summed E-state index contributed by atoms with van der Waals surface area (Å²) in [6.07, 6.45) is 1.90. The Morgan fingerprint density at radius 1 is 1.22 bits per heavy atom. The van der Waals surface area contributed by atoms with Crippen LogP contribution in [0.15, 0.2) is 55.1 Å². The Labute approximate surface area is 133 Å². The zero-order chi connectivity index (χ0) is 16.4. The molecule has 1 aliphatic rings. The molecule has 0 spiro atoms. The molecule has 0 bridgehead atoms. The van der Waals surface area contributed by atoms with E-state index in [1.165, 1.54) is 18.2 Å². The van der Waals surface area contributed by atoms with Gasteiger partial charge in [0.05, 0.1) is 6.04 Å². The summed E-state index contributed by atoms with van der Waals surface area (Å²) in [6, 6.07) is 11.4. The predicted molar refractivity (Wildman–Crippen MR) is 85.6 cm³/mol. The quantitative estimate of drug-likeness (QED) is 0.881. The van der Waals surface area contributed by atoms with Crippen LogP contribution in [-0.4, -0.2) is 18.5 Å². The van der Waals surface area contributed by atoms with E-state index in [4.69, 9.17) is 0 Å². The minimum Gasteiger partial charge on any atom is -0.348 e. The lowest BCUT2D eigenvalue weighted by Gasteiger charge is -2.36. The number of carbonyl (C=O) groups is 1. The van der Waals surface area contributed by atoms with E-state index in [-0.39, 0.29) is 11.9 Å². The third-order valence-electron chi connectivity index (χ3n) is 3.90. The van der Waals surface area contributed by atoms with Crippen molar-refractivity contribution in [2.45, 2.75) is 12.5 Å². The SMILES string of the molecule is C=CC(=O)NC1Cc2ccccc2N(c2ccc(F)c(F)c2)C1. The van der Waals surface area contributed by atoms with E-state index >= 15 is 0 Å². The summed E-state index contributed by atoms with van der Waals surface area (Å²) in [5.41, 5.74) is 2.52. The second kappa shape index (κ2) is 6.20. The molecule has 0 saturated carbocycles. The number of nitrogens with one attached hydrogen (secondary N) is 1. The first-order valence-electron chi connectivity index (χ1n) is 7.32. The lowest BCUT2D eigenvalue weighted by atomic mass is 9.97. The summed E-state index contributed by atoms with van der Waals surface area (Å²) in [6.45, 7) is 3.93. The Morgan fingerprint density at radius 2 is 2.00 bits per heavy atom. The minimum absolute atomic E-state index is 0.136. The number of para-hydroxylation sites is 1. The Bertz CT molecular complexity index is 760. The highest BCUT2D eigenvalue weighted by Gasteiger charge is 2.26. The molecule has 2 aromatic rings. The maximum Gasteiger partial charge on any atom is 0.243 e. The van der Waals surface area contributed by atoms with Crippen LogP contribution < -0.4 is 10.2 Å². The third kappa shape index (κ3) is 3.08. The van der Waals surface area contributed by atoms with Gasteiger partial charge < -0.3 is 10.2 Å².